The number of carbonyl (C=O) groups excluding carboxylic acids is 3. The van der Waals surface area contributed by atoms with Crippen LogP contribution in [0.2, 0.25) is 0 Å². The van der Waals surface area contributed by atoms with E-state index in [4.69, 9.17) is 4.74 Å². The molecule has 1 aromatic carbocycles. The zero-order valence-corrected chi connectivity index (χ0v) is 26.0. The van der Waals surface area contributed by atoms with E-state index in [1.54, 1.807) is 9.80 Å². The van der Waals surface area contributed by atoms with Crippen LogP contribution in [-0.4, -0.2) is 93.1 Å². The van der Waals surface area contributed by atoms with E-state index in [0.717, 1.165) is 18.4 Å². The number of aliphatic hydroxyl groups excluding tert-OH is 1. The summed E-state index contributed by atoms with van der Waals surface area (Å²) in [6, 6.07) is 8.05. The second kappa shape index (κ2) is 11.3. The molecule has 3 amide bonds. The lowest BCUT2D eigenvalue weighted by atomic mass is 9.77. The minimum atomic E-state index is -1.31. The van der Waals surface area contributed by atoms with Gasteiger partial charge in [-0.05, 0) is 44.1 Å². The van der Waals surface area contributed by atoms with Crippen molar-refractivity contribution in [2.45, 2.75) is 90.1 Å². The first-order valence-electron chi connectivity index (χ1n) is 15.4. The Kier molecular flexibility index (Phi) is 8.18. The second-order valence-electron chi connectivity index (χ2n) is 14.2. The molecular formula is C34H47N3O5. The predicted octanol–water partition coefficient (Wildman–Crippen LogP) is 3.59. The molecule has 42 heavy (non-hydrogen) atoms. The van der Waals surface area contributed by atoms with Crippen molar-refractivity contribution < 1.29 is 24.2 Å². The number of amides is 3. The number of fused-ring (bicyclic) bond motifs is 2. The van der Waals surface area contributed by atoms with Gasteiger partial charge in [-0.25, -0.2) is 0 Å². The number of carbonyl (C=O) groups is 3. The first-order valence-corrected chi connectivity index (χ1v) is 15.4. The van der Waals surface area contributed by atoms with Crippen molar-refractivity contribution in [3.63, 3.8) is 0 Å². The molecule has 1 N–H and O–H groups in total. The van der Waals surface area contributed by atoms with Crippen molar-refractivity contribution >= 4 is 17.7 Å². The molecule has 2 saturated heterocycles. The van der Waals surface area contributed by atoms with Gasteiger partial charge in [-0.1, -0.05) is 82.3 Å². The lowest BCUT2D eigenvalue weighted by molar-refractivity contribution is -0.155. The zero-order valence-electron chi connectivity index (χ0n) is 26.0. The summed E-state index contributed by atoms with van der Waals surface area (Å²) < 4.78 is 6.80. The minimum absolute atomic E-state index is 0.0385. The fourth-order valence-corrected chi connectivity index (χ4v) is 8.07. The second-order valence-corrected chi connectivity index (χ2v) is 14.2. The standard InChI is InChI=1S/C34H47N3O5/c1-7-17-35-18-11-15-25-26(29(35)39)27-30(40)37(24(21-38)20-23-13-9-8-10-14-23)28-31(41)36(19-12-16-34(27,28)42-25)33(5,6)22-32(2,3)4/h8-16,24-28,38H,7,17-22H2,1-6H3/t24-,25-,26+,27+,28?,34+/m1/s1. The van der Waals surface area contributed by atoms with Gasteiger partial charge < -0.3 is 24.5 Å². The van der Waals surface area contributed by atoms with E-state index in [2.05, 4.69) is 34.6 Å². The first kappa shape index (κ1) is 30.5. The van der Waals surface area contributed by atoms with Gasteiger partial charge >= 0.3 is 0 Å². The Labute approximate surface area is 250 Å². The van der Waals surface area contributed by atoms with Crippen molar-refractivity contribution in [1.29, 1.82) is 0 Å². The highest BCUT2D eigenvalue weighted by atomic mass is 16.5. The molecule has 8 heteroatoms. The number of rotatable bonds is 8. The third-order valence-corrected chi connectivity index (χ3v) is 9.29. The summed E-state index contributed by atoms with van der Waals surface area (Å²) in [6.45, 7) is 13.8. The highest BCUT2D eigenvalue weighted by Crippen LogP contribution is 2.54. The highest BCUT2D eigenvalue weighted by Gasteiger charge is 2.72. The van der Waals surface area contributed by atoms with Crippen molar-refractivity contribution in [3.8, 4) is 0 Å². The Morgan fingerprint density at radius 2 is 1.71 bits per heavy atom. The van der Waals surface area contributed by atoms with Crippen molar-refractivity contribution in [3.05, 3.63) is 60.2 Å². The smallest absolute Gasteiger partial charge is 0.249 e. The lowest BCUT2D eigenvalue weighted by Crippen LogP contribution is -2.62. The Morgan fingerprint density at radius 3 is 2.36 bits per heavy atom. The number of aliphatic hydroxyl groups is 1. The van der Waals surface area contributed by atoms with Gasteiger partial charge in [-0.2, -0.15) is 0 Å². The molecule has 1 spiro atoms. The number of benzene rings is 1. The van der Waals surface area contributed by atoms with E-state index >= 15 is 0 Å². The molecule has 0 bridgehead atoms. The summed E-state index contributed by atoms with van der Waals surface area (Å²) in [6.07, 6.45) is 9.01. The van der Waals surface area contributed by atoms with E-state index in [9.17, 15) is 19.5 Å². The molecule has 0 aliphatic carbocycles. The van der Waals surface area contributed by atoms with Gasteiger partial charge in [0.25, 0.3) is 0 Å². The first-order chi connectivity index (χ1) is 19.8. The fourth-order valence-electron chi connectivity index (χ4n) is 8.07. The molecule has 4 aliphatic rings. The number of hydrogen-bond acceptors (Lipinski definition) is 5. The van der Waals surface area contributed by atoms with Crippen LogP contribution in [-0.2, 0) is 25.5 Å². The largest absolute Gasteiger partial charge is 0.394 e. The van der Waals surface area contributed by atoms with E-state index in [-0.39, 0.29) is 29.7 Å². The van der Waals surface area contributed by atoms with Crippen LogP contribution in [0, 0.1) is 17.3 Å². The van der Waals surface area contributed by atoms with Crippen LogP contribution in [0.1, 0.15) is 59.9 Å². The summed E-state index contributed by atoms with van der Waals surface area (Å²) in [5, 5.41) is 10.7. The molecule has 6 atom stereocenters. The third-order valence-electron chi connectivity index (χ3n) is 9.29. The third kappa shape index (κ3) is 5.21. The quantitative estimate of drug-likeness (QED) is 0.477. The van der Waals surface area contributed by atoms with Crippen LogP contribution >= 0.6 is 0 Å². The summed E-state index contributed by atoms with van der Waals surface area (Å²) in [5.41, 5.74) is -0.903. The number of likely N-dealkylation sites (tertiary alicyclic amines) is 1. The maximum Gasteiger partial charge on any atom is 0.249 e. The molecule has 0 radical (unpaired) electrons. The normalized spacial score (nSPS) is 30.3. The van der Waals surface area contributed by atoms with Gasteiger partial charge in [0.2, 0.25) is 17.7 Å². The highest BCUT2D eigenvalue weighted by molar-refractivity contribution is 6.00. The average molecular weight is 578 g/mol. The molecule has 228 valence electrons. The molecule has 1 aromatic rings. The van der Waals surface area contributed by atoms with Crippen molar-refractivity contribution in [2.75, 3.05) is 26.2 Å². The van der Waals surface area contributed by atoms with Crippen molar-refractivity contribution in [1.82, 2.24) is 14.7 Å². The monoisotopic (exact) mass is 577 g/mol. The van der Waals surface area contributed by atoms with E-state index in [1.807, 2.05) is 66.5 Å². The summed E-state index contributed by atoms with van der Waals surface area (Å²) >= 11 is 0. The van der Waals surface area contributed by atoms with Gasteiger partial charge in [0.1, 0.15) is 11.6 Å². The predicted molar refractivity (Wildman–Crippen MR) is 161 cm³/mol. The molecule has 2 fully saturated rings. The molecular weight excluding hydrogens is 530 g/mol. The maximum atomic E-state index is 14.9. The molecule has 0 saturated carbocycles. The molecule has 8 nitrogen and oxygen atoms in total. The Bertz CT molecular complexity index is 1250. The molecule has 4 heterocycles. The molecule has 4 aliphatic heterocycles. The average Bonchev–Trinajstić information content (AvgIpc) is 3.23. The van der Waals surface area contributed by atoms with E-state index in [1.165, 1.54) is 0 Å². The van der Waals surface area contributed by atoms with Gasteiger partial charge in [-0.15, -0.1) is 0 Å². The Morgan fingerprint density at radius 1 is 1.00 bits per heavy atom. The number of hydrogen-bond donors (Lipinski definition) is 1. The lowest BCUT2D eigenvalue weighted by Gasteiger charge is -2.45. The van der Waals surface area contributed by atoms with Crippen LogP contribution < -0.4 is 0 Å². The molecule has 0 aromatic heterocycles. The fraction of sp³-hybridized carbons (Fsp3) is 0.618. The summed E-state index contributed by atoms with van der Waals surface area (Å²) in [7, 11) is 0. The summed E-state index contributed by atoms with van der Waals surface area (Å²) in [5.74, 6) is -2.21. The maximum absolute atomic E-state index is 14.9. The number of nitrogens with zero attached hydrogens (tertiary/aromatic N) is 3. The molecule has 1 unspecified atom stereocenters. The van der Waals surface area contributed by atoms with Crippen molar-refractivity contribution in [2.24, 2.45) is 17.3 Å². The topological polar surface area (TPSA) is 90.4 Å². The minimum Gasteiger partial charge on any atom is -0.394 e. The van der Waals surface area contributed by atoms with Crippen LogP contribution in [0.25, 0.3) is 0 Å². The van der Waals surface area contributed by atoms with Gasteiger partial charge in [0.05, 0.1) is 30.6 Å². The van der Waals surface area contributed by atoms with Crippen LogP contribution in [0.15, 0.2) is 54.6 Å². The zero-order chi connectivity index (χ0) is 30.4. The van der Waals surface area contributed by atoms with Crippen LogP contribution in [0.5, 0.6) is 0 Å². The van der Waals surface area contributed by atoms with E-state index in [0.29, 0.717) is 26.1 Å². The number of ether oxygens (including phenoxy) is 1. The Hall–Kier alpha value is -2.97. The Balaban J connectivity index is 1.62. The SMILES string of the molecule is CCCN1CC=C[C@H]2O[C@]34C=CCN(C(C)(C)CC(C)(C)C)C(=O)C3N([C@@H](CO)Cc3ccccc3)C(=O)[C@@H]4[C@H]2C1=O. The van der Waals surface area contributed by atoms with E-state index < -0.39 is 41.2 Å². The van der Waals surface area contributed by atoms with Gasteiger partial charge in [0.15, 0.2) is 0 Å². The van der Waals surface area contributed by atoms with Gasteiger partial charge in [-0.3, -0.25) is 14.4 Å². The summed E-state index contributed by atoms with van der Waals surface area (Å²) in [4.78, 5) is 48.8. The van der Waals surface area contributed by atoms with Crippen LogP contribution in [0.3, 0.4) is 0 Å². The van der Waals surface area contributed by atoms with Crippen LogP contribution in [0.4, 0.5) is 0 Å². The van der Waals surface area contributed by atoms with Gasteiger partial charge in [0, 0.05) is 25.2 Å². The molecule has 5 rings (SSSR count).